The molecule has 5 nitrogen and oxygen atoms in total. The molecule has 2 atom stereocenters. The first kappa shape index (κ1) is 21.4. The molecule has 0 amide bonds. The number of rotatable bonds is 9. The van der Waals surface area contributed by atoms with E-state index in [1.165, 1.54) is 0 Å². The van der Waals surface area contributed by atoms with Gasteiger partial charge in [0.25, 0.3) is 0 Å². The van der Waals surface area contributed by atoms with Gasteiger partial charge in [-0.15, -0.1) is 0 Å². The number of ether oxygens (including phenoxy) is 2. The van der Waals surface area contributed by atoms with E-state index >= 15 is 0 Å². The maximum absolute atomic E-state index is 11.3. The Morgan fingerprint density at radius 1 is 1.31 bits per heavy atom. The number of hydrogen-bond acceptors (Lipinski definition) is 5. The lowest BCUT2D eigenvalue weighted by Crippen LogP contribution is -2.25. The van der Waals surface area contributed by atoms with Crippen LogP contribution in [0, 0.1) is 0 Å². The normalized spacial score (nSPS) is 17.2. The maximum Gasteiger partial charge on any atom is 0.147 e. The lowest BCUT2D eigenvalue weighted by molar-refractivity contribution is -0.117. The zero-order valence-corrected chi connectivity index (χ0v) is 18.1. The van der Waals surface area contributed by atoms with Gasteiger partial charge in [0, 0.05) is 25.5 Å². The Balaban J connectivity index is 1.56. The van der Waals surface area contributed by atoms with Crippen LogP contribution >= 0.6 is 11.6 Å². The molecule has 0 N–H and O–H groups in total. The zero-order chi connectivity index (χ0) is 20.8. The maximum atomic E-state index is 11.3. The molecule has 1 aliphatic rings. The zero-order valence-electron chi connectivity index (χ0n) is 17.4. The van der Waals surface area contributed by atoms with E-state index in [-0.39, 0.29) is 17.8 Å². The Morgan fingerprint density at radius 3 is 2.72 bits per heavy atom. The van der Waals surface area contributed by atoms with Crippen LogP contribution in [0.4, 0.5) is 5.82 Å². The Hall–Kier alpha value is -2.27. The Morgan fingerprint density at radius 2 is 2.07 bits per heavy atom. The average Bonchev–Trinajstić information content (AvgIpc) is 3.14. The van der Waals surface area contributed by atoms with E-state index < -0.39 is 0 Å². The second kappa shape index (κ2) is 9.97. The van der Waals surface area contributed by atoms with Gasteiger partial charge in [-0.2, -0.15) is 0 Å². The lowest BCUT2D eigenvalue weighted by Gasteiger charge is -2.20. The van der Waals surface area contributed by atoms with Crippen molar-refractivity contribution in [1.29, 1.82) is 0 Å². The molecule has 2 aromatic rings. The summed E-state index contributed by atoms with van der Waals surface area (Å²) < 4.78 is 11.7. The van der Waals surface area contributed by atoms with Gasteiger partial charge in [-0.05, 0) is 37.0 Å². The molecule has 156 valence electrons. The second-order valence-electron chi connectivity index (χ2n) is 7.68. The molecule has 29 heavy (non-hydrogen) atoms. The predicted molar refractivity (Wildman–Crippen MR) is 116 cm³/mol. The largest absolute Gasteiger partial charge is 0.492 e. The minimum absolute atomic E-state index is 0.0874. The predicted octanol–water partition coefficient (Wildman–Crippen LogP) is 5.26. The number of hydrogen-bond donors (Lipinski definition) is 0. The Labute approximate surface area is 178 Å². The monoisotopic (exact) mass is 416 g/mol. The molecule has 0 bridgehead atoms. The van der Waals surface area contributed by atoms with Crippen molar-refractivity contribution in [2.45, 2.75) is 52.1 Å². The molecule has 0 aliphatic carbocycles. The molecular formula is C23H29ClN2O3. The molecule has 1 aromatic heterocycles. The first-order chi connectivity index (χ1) is 14.0. The van der Waals surface area contributed by atoms with E-state index in [2.05, 4.69) is 23.7 Å². The van der Waals surface area contributed by atoms with Crippen molar-refractivity contribution in [1.82, 2.24) is 4.98 Å². The summed E-state index contributed by atoms with van der Waals surface area (Å²) in [6.07, 6.45) is 4.24. The third-order valence-electron chi connectivity index (χ3n) is 5.06. The average molecular weight is 417 g/mol. The fourth-order valence-corrected chi connectivity index (χ4v) is 3.85. The van der Waals surface area contributed by atoms with Crippen LogP contribution in [0.25, 0.3) is 0 Å². The van der Waals surface area contributed by atoms with Crippen molar-refractivity contribution in [2.75, 3.05) is 24.6 Å². The van der Waals surface area contributed by atoms with Crippen LogP contribution in [0.1, 0.15) is 51.5 Å². The molecule has 0 spiro atoms. The van der Waals surface area contributed by atoms with Gasteiger partial charge in [-0.25, -0.2) is 4.98 Å². The summed E-state index contributed by atoms with van der Waals surface area (Å²) in [5.74, 6) is 2.75. The number of anilines is 1. The van der Waals surface area contributed by atoms with E-state index in [1.54, 1.807) is 13.1 Å². The molecule has 1 fully saturated rings. The van der Waals surface area contributed by atoms with Gasteiger partial charge in [0.15, 0.2) is 0 Å². The van der Waals surface area contributed by atoms with Gasteiger partial charge in [0.1, 0.15) is 29.2 Å². The van der Waals surface area contributed by atoms with Gasteiger partial charge in [0.05, 0.1) is 24.4 Å². The van der Waals surface area contributed by atoms with E-state index in [0.717, 1.165) is 43.1 Å². The molecule has 2 heterocycles. The topological polar surface area (TPSA) is 51.7 Å². The summed E-state index contributed by atoms with van der Waals surface area (Å²) in [5, 5.41) is 0.600. The SMILES string of the molecule is CCCOc1cnc(N2CCC(Oc3ccc([C@H](C)CC(C)=O)cc3)C2)c(Cl)c1. The highest BCUT2D eigenvalue weighted by molar-refractivity contribution is 6.33. The van der Waals surface area contributed by atoms with Gasteiger partial charge in [0.2, 0.25) is 0 Å². The standard InChI is InChI=1S/C23H29ClN2O3/c1-4-11-28-21-13-22(24)23(25-14-21)26-10-9-20(15-26)29-19-7-5-18(6-8-19)16(2)12-17(3)27/h5-8,13-14,16,20H,4,9-12,15H2,1-3H3/t16-,20?/m1/s1. The van der Waals surface area contributed by atoms with Crippen molar-refractivity contribution >= 4 is 23.2 Å². The fraction of sp³-hybridized carbons (Fsp3) is 0.478. The lowest BCUT2D eigenvalue weighted by atomic mass is 9.96. The van der Waals surface area contributed by atoms with Crippen LogP contribution in [0.5, 0.6) is 11.5 Å². The van der Waals surface area contributed by atoms with Gasteiger partial charge < -0.3 is 19.2 Å². The summed E-state index contributed by atoms with van der Waals surface area (Å²) in [6.45, 7) is 8.01. The van der Waals surface area contributed by atoms with E-state index in [9.17, 15) is 4.79 Å². The van der Waals surface area contributed by atoms with Crippen molar-refractivity contribution in [3.05, 3.63) is 47.1 Å². The third-order valence-corrected chi connectivity index (χ3v) is 5.34. The molecule has 0 saturated carbocycles. The highest BCUT2D eigenvalue weighted by Crippen LogP contribution is 2.31. The van der Waals surface area contributed by atoms with E-state index in [4.69, 9.17) is 21.1 Å². The van der Waals surface area contributed by atoms with Gasteiger partial charge in [-0.1, -0.05) is 37.6 Å². The molecule has 0 radical (unpaired) electrons. The van der Waals surface area contributed by atoms with Crippen molar-refractivity contribution in [2.24, 2.45) is 0 Å². The fourth-order valence-electron chi connectivity index (χ4n) is 3.58. The van der Waals surface area contributed by atoms with Crippen LogP contribution in [-0.4, -0.2) is 36.6 Å². The van der Waals surface area contributed by atoms with Crippen LogP contribution in [0.3, 0.4) is 0 Å². The molecule has 1 aromatic carbocycles. The van der Waals surface area contributed by atoms with E-state index in [1.807, 2.05) is 30.3 Å². The summed E-state index contributed by atoms with van der Waals surface area (Å²) in [7, 11) is 0. The van der Waals surface area contributed by atoms with E-state index in [0.29, 0.717) is 23.8 Å². The first-order valence-electron chi connectivity index (χ1n) is 10.3. The summed E-state index contributed by atoms with van der Waals surface area (Å²) >= 11 is 6.43. The number of ketones is 1. The number of nitrogens with zero attached hydrogens (tertiary/aromatic N) is 2. The highest BCUT2D eigenvalue weighted by Gasteiger charge is 2.26. The second-order valence-corrected chi connectivity index (χ2v) is 8.08. The van der Waals surface area contributed by atoms with Gasteiger partial charge in [-0.3, -0.25) is 0 Å². The number of pyridine rings is 1. The summed E-state index contributed by atoms with van der Waals surface area (Å²) in [4.78, 5) is 18.0. The minimum atomic E-state index is 0.0874. The number of benzene rings is 1. The molecule has 1 aliphatic heterocycles. The number of carbonyl (C=O) groups is 1. The van der Waals surface area contributed by atoms with Crippen LogP contribution in [-0.2, 0) is 4.79 Å². The van der Waals surface area contributed by atoms with Gasteiger partial charge >= 0.3 is 0 Å². The summed E-state index contributed by atoms with van der Waals surface area (Å²) in [5.41, 5.74) is 1.15. The number of halogens is 1. The van der Waals surface area contributed by atoms with Crippen molar-refractivity contribution in [3.8, 4) is 11.5 Å². The number of Topliss-reactive ketones (excluding diaryl/α,β-unsaturated/α-hetero) is 1. The third kappa shape index (κ3) is 5.86. The van der Waals surface area contributed by atoms with Crippen LogP contribution in [0.2, 0.25) is 5.02 Å². The number of carbonyl (C=O) groups excluding carboxylic acids is 1. The first-order valence-corrected chi connectivity index (χ1v) is 10.6. The molecule has 3 rings (SSSR count). The van der Waals surface area contributed by atoms with Crippen molar-refractivity contribution < 1.29 is 14.3 Å². The highest BCUT2D eigenvalue weighted by atomic mass is 35.5. The van der Waals surface area contributed by atoms with Crippen molar-refractivity contribution in [3.63, 3.8) is 0 Å². The molecule has 6 heteroatoms. The smallest absolute Gasteiger partial charge is 0.147 e. The van der Waals surface area contributed by atoms with Crippen LogP contribution < -0.4 is 14.4 Å². The minimum Gasteiger partial charge on any atom is -0.492 e. The molecular weight excluding hydrogens is 388 g/mol. The number of aromatic nitrogens is 1. The Kier molecular flexibility index (Phi) is 7.37. The Bertz CT molecular complexity index is 825. The quantitative estimate of drug-likeness (QED) is 0.557. The molecule has 1 unspecified atom stereocenters. The van der Waals surface area contributed by atoms with Crippen LogP contribution in [0.15, 0.2) is 36.5 Å². The molecule has 1 saturated heterocycles. The summed E-state index contributed by atoms with van der Waals surface area (Å²) in [6, 6.07) is 9.89.